The molecule has 9 heteroatoms. The van der Waals surface area contributed by atoms with Crippen molar-refractivity contribution in [3.8, 4) is 0 Å². The minimum absolute atomic E-state index is 0.0534. The summed E-state index contributed by atoms with van der Waals surface area (Å²) < 4.78 is 20.9. The van der Waals surface area contributed by atoms with Gasteiger partial charge in [-0.3, -0.25) is 19.2 Å². The third kappa shape index (κ3) is 6.11. The molecule has 2 amide bonds. The van der Waals surface area contributed by atoms with Crippen molar-refractivity contribution < 1.29 is 18.7 Å². The molecular formula is C22H30FN5O3. The highest BCUT2D eigenvalue weighted by molar-refractivity contribution is 6.04. The summed E-state index contributed by atoms with van der Waals surface area (Å²) in [5.74, 6) is -0.886. The molecule has 1 saturated heterocycles. The summed E-state index contributed by atoms with van der Waals surface area (Å²) in [5, 5.41) is 7.19. The van der Waals surface area contributed by atoms with Gasteiger partial charge in [0.15, 0.2) is 0 Å². The Morgan fingerprint density at radius 2 is 2.16 bits per heavy atom. The van der Waals surface area contributed by atoms with Gasteiger partial charge >= 0.3 is 0 Å². The van der Waals surface area contributed by atoms with E-state index in [9.17, 15) is 14.0 Å². The minimum atomic E-state index is -0.453. The normalized spacial score (nSPS) is 18.8. The van der Waals surface area contributed by atoms with Crippen LogP contribution in [0.25, 0.3) is 0 Å². The van der Waals surface area contributed by atoms with E-state index in [-0.39, 0.29) is 36.1 Å². The molecule has 2 aromatic rings. The summed E-state index contributed by atoms with van der Waals surface area (Å²) in [6, 6.07) is 5.91. The quantitative estimate of drug-likeness (QED) is 0.660. The first-order chi connectivity index (χ1) is 14.9. The van der Waals surface area contributed by atoms with Gasteiger partial charge in [-0.15, -0.1) is 0 Å². The van der Waals surface area contributed by atoms with Crippen molar-refractivity contribution in [2.75, 3.05) is 45.7 Å². The molecule has 1 fully saturated rings. The van der Waals surface area contributed by atoms with Crippen LogP contribution in [0.3, 0.4) is 0 Å². The van der Waals surface area contributed by atoms with Crippen molar-refractivity contribution in [2.45, 2.75) is 31.8 Å². The van der Waals surface area contributed by atoms with Crippen molar-refractivity contribution in [1.82, 2.24) is 19.6 Å². The number of likely N-dealkylation sites (tertiary alicyclic amines) is 1. The Hall–Kier alpha value is -2.78. The zero-order chi connectivity index (χ0) is 22.4. The van der Waals surface area contributed by atoms with Crippen LogP contribution in [0.4, 0.5) is 10.1 Å². The van der Waals surface area contributed by atoms with E-state index in [0.717, 1.165) is 25.9 Å². The molecular weight excluding hydrogens is 401 g/mol. The molecule has 0 unspecified atom stereocenters. The van der Waals surface area contributed by atoms with Crippen LogP contribution in [0.2, 0.25) is 0 Å². The number of nitrogens with one attached hydrogen (secondary N) is 1. The second-order valence-electron chi connectivity index (χ2n) is 8.02. The number of hydrogen-bond acceptors (Lipinski definition) is 5. The molecule has 1 aromatic heterocycles. The monoisotopic (exact) mass is 431 g/mol. The molecule has 8 nitrogen and oxygen atoms in total. The lowest BCUT2D eigenvalue weighted by Gasteiger charge is -2.23. The van der Waals surface area contributed by atoms with Gasteiger partial charge in [-0.2, -0.15) is 5.10 Å². The first-order valence-electron chi connectivity index (χ1n) is 10.5. The van der Waals surface area contributed by atoms with Crippen LogP contribution in [0, 0.1) is 5.82 Å². The fraction of sp³-hybridized carbons (Fsp3) is 0.500. The highest BCUT2D eigenvalue weighted by atomic mass is 19.1. The summed E-state index contributed by atoms with van der Waals surface area (Å²) in [6.45, 7) is 4.46. The average Bonchev–Trinajstić information content (AvgIpc) is 3.35. The van der Waals surface area contributed by atoms with E-state index in [1.54, 1.807) is 32.6 Å². The summed E-state index contributed by atoms with van der Waals surface area (Å²) in [5.41, 5.74) is 0.819. The third-order valence-electron chi connectivity index (χ3n) is 5.37. The number of carbonyl (C=O) groups excluding carboxylic acids is 2. The lowest BCUT2D eigenvalue weighted by Crippen LogP contribution is -2.35. The van der Waals surface area contributed by atoms with Crippen LogP contribution >= 0.6 is 0 Å². The molecule has 2 heterocycles. The fourth-order valence-corrected chi connectivity index (χ4v) is 3.73. The molecule has 0 radical (unpaired) electrons. The number of nitrogens with zero attached hydrogens (tertiary/aromatic N) is 4. The number of aromatic nitrogens is 2. The molecule has 1 aromatic carbocycles. The smallest absolute Gasteiger partial charge is 0.255 e. The maximum atomic E-state index is 13.4. The van der Waals surface area contributed by atoms with E-state index in [0.29, 0.717) is 12.3 Å². The SMILES string of the molecule is CCCN1C[C@@H](n2cc(NC(=O)c3cccc(F)c3)cn2)C[C@H]1COCC(=O)N(C)C. The van der Waals surface area contributed by atoms with E-state index in [2.05, 4.69) is 22.2 Å². The Labute approximate surface area is 182 Å². The summed E-state index contributed by atoms with van der Waals surface area (Å²) >= 11 is 0. The van der Waals surface area contributed by atoms with Crippen molar-refractivity contribution in [3.63, 3.8) is 0 Å². The molecule has 3 rings (SSSR count). The van der Waals surface area contributed by atoms with E-state index in [1.165, 1.54) is 23.1 Å². The lowest BCUT2D eigenvalue weighted by molar-refractivity contribution is -0.134. The van der Waals surface area contributed by atoms with Gasteiger partial charge in [0.25, 0.3) is 5.91 Å². The van der Waals surface area contributed by atoms with Crippen molar-refractivity contribution in [2.24, 2.45) is 0 Å². The highest BCUT2D eigenvalue weighted by Crippen LogP contribution is 2.28. The van der Waals surface area contributed by atoms with Crippen LogP contribution in [-0.2, 0) is 9.53 Å². The molecule has 0 spiro atoms. The maximum absolute atomic E-state index is 13.4. The number of anilines is 1. The maximum Gasteiger partial charge on any atom is 0.255 e. The van der Waals surface area contributed by atoms with Gasteiger partial charge in [-0.25, -0.2) is 4.39 Å². The zero-order valence-electron chi connectivity index (χ0n) is 18.3. The molecule has 31 heavy (non-hydrogen) atoms. The number of rotatable bonds is 9. The summed E-state index contributed by atoms with van der Waals surface area (Å²) in [6.07, 6.45) is 5.26. The number of amides is 2. The molecule has 0 aliphatic carbocycles. The molecule has 0 saturated carbocycles. The highest BCUT2D eigenvalue weighted by Gasteiger charge is 2.33. The number of benzene rings is 1. The number of ether oxygens (including phenoxy) is 1. The number of halogens is 1. The number of likely N-dealkylation sites (N-methyl/N-ethyl adjacent to an activating group) is 1. The van der Waals surface area contributed by atoms with Gasteiger partial charge < -0.3 is 15.0 Å². The largest absolute Gasteiger partial charge is 0.370 e. The van der Waals surface area contributed by atoms with Crippen LogP contribution in [0.5, 0.6) is 0 Å². The van der Waals surface area contributed by atoms with Gasteiger partial charge in [-0.05, 0) is 37.6 Å². The second kappa shape index (κ2) is 10.5. The van der Waals surface area contributed by atoms with Gasteiger partial charge in [0.1, 0.15) is 12.4 Å². The Kier molecular flexibility index (Phi) is 7.75. The molecule has 0 bridgehead atoms. The van der Waals surface area contributed by atoms with Gasteiger partial charge in [0.05, 0.1) is 24.5 Å². The summed E-state index contributed by atoms with van der Waals surface area (Å²) in [7, 11) is 3.42. The first kappa shape index (κ1) is 22.9. The van der Waals surface area contributed by atoms with Crippen LogP contribution in [-0.4, -0.2) is 77.8 Å². The van der Waals surface area contributed by atoms with Gasteiger partial charge in [0.2, 0.25) is 5.91 Å². The Balaban J connectivity index is 1.59. The number of hydrogen-bond donors (Lipinski definition) is 1. The molecule has 1 N–H and O–H groups in total. The predicted molar refractivity (Wildman–Crippen MR) is 115 cm³/mol. The minimum Gasteiger partial charge on any atom is -0.370 e. The van der Waals surface area contributed by atoms with Crippen molar-refractivity contribution in [3.05, 3.63) is 48.0 Å². The second-order valence-corrected chi connectivity index (χ2v) is 8.02. The molecule has 2 atom stereocenters. The lowest BCUT2D eigenvalue weighted by atomic mass is 10.2. The standard InChI is InChI=1S/C22H30FN5O3/c1-4-8-27-13-19(10-20(27)14-31-15-21(29)26(2)3)28-12-18(11-24-28)25-22(30)16-6-5-7-17(23)9-16/h5-7,9,11-12,19-20H,4,8,10,13-15H2,1-3H3,(H,25,30)/t19-,20-/m0/s1. The summed E-state index contributed by atoms with van der Waals surface area (Å²) in [4.78, 5) is 28.0. The molecule has 168 valence electrons. The topological polar surface area (TPSA) is 79.7 Å². The van der Waals surface area contributed by atoms with E-state index in [1.807, 2.05) is 4.68 Å². The zero-order valence-corrected chi connectivity index (χ0v) is 18.3. The fourth-order valence-electron chi connectivity index (χ4n) is 3.73. The van der Waals surface area contributed by atoms with Crippen molar-refractivity contribution >= 4 is 17.5 Å². The van der Waals surface area contributed by atoms with Gasteiger partial charge in [0, 0.05) is 38.4 Å². The van der Waals surface area contributed by atoms with Gasteiger partial charge in [-0.1, -0.05) is 13.0 Å². The van der Waals surface area contributed by atoms with Crippen LogP contribution < -0.4 is 5.32 Å². The van der Waals surface area contributed by atoms with E-state index < -0.39 is 5.82 Å². The van der Waals surface area contributed by atoms with Crippen LogP contribution in [0.1, 0.15) is 36.2 Å². The van der Waals surface area contributed by atoms with Crippen LogP contribution in [0.15, 0.2) is 36.7 Å². The Morgan fingerprint density at radius 3 is 2.87 bits per heavy atom. The third-order valence-corrected chi connectivity index (χ3v) is 5.37. The molecule has 1 aliphatic heterocycles. The predicted octanol–water partition coefficient (Wildman–Crippen LogP) is 2.40. The Morgan fingerprint density at radius 1 is 1.35 bits per heavy atom. The van der Waals surface area contributed by atoms with Crippen molar-refractivity contribution in [1.29, 1.82) is 0 Å². The molecule has 1 aliphatic rings. The first-order valence-corrected chi connectivity index (χ1v) is 10.5. The number of carbonyl (C=O) groups is 2. The van der Waals surface area contributed by atoms with E-state index in [4.69, 9.17) is 4.74 Å². The van der Waals surface area contributed by atoms with E-state index >= 15 is 0 Å². The average molecular weight is 432 g/mol. The Bertz CT molecular complexity index is 901.